The van der Waals surface area contributed by atoms with Crippen molar-refractivity contribution in [2.75, 3.05) is 36.8 Å². The highest BCUT2D eigenvalue weighted by atomic mass is 15.3. The molecule has 4 heteroatoms. The molecule has 3 rings (SSSR count). The van der Waals surface area contributed by atoms with E-state index < -0.39 is 0 Å². The monoisotopic (exact) mass is 246 g/mol. The maximum Gasteiger partial charge on any atom is 0.123 e. The quantitative estimate of drug-likeness (QED) is 0.863. The van der Waals surface area contributed by atoms with Gasteiger partial charge in [-0.25, -0.2) is 4.98 Å². The molecule has 2 aliphatic rings. The van der Waals surface area contributed by atoms with Crippen molar-refractivity contribution in [3.63, 3.8) is 0 Å². The molecule has 2 saturated heterocycles. The summed E-state index contributed by atoms with van der Waals surface area (Å²) < 4.78 is 0. The van der Waals surface area contributed by atoms with Crippen LogP contribution in [0.25, 0.3) is 0 Å². The Hall–Kier alpha value is -1.29. The van der Waals surface area contributed by atoms with Crippen molar-refractivity contribution < 1.29 is 0 Å². The smallest absolute Gasteiger partial charge is 0.123 e. The summed E-state index contributed by atoms with van der Waals surface area (Å²) >= 11 is 0. The van der Waals surface area contributed by atoms with Crippen LogP contribution in [0.3, 0.4) is 0 Å². The topological polar surface area (TPSA) is 45.4 Å². The number of piperidine rings is 1. The average Bonchev–Trinajstić information content (AvgIpc) is 2.90. The largest absolute Gasteiger partial charge is 0.384 e. The molecule has 2 fully saturated rings. The zero-order chi connectivity index (χ0) is 12.4. The lowest BCUT2D eigenvalue weighted by Crippen LogP contribution is -2.40. The summed E-state index contributed by atoms with van der Waals surface area (Å²) in [6.07, 6.45) is 7.34. The van der Waals surface area contributed by atoms with E-state index in [1.807, 2.05) is 12.3 Å². The molecular weight excluding hydrogens is 224 g/mol. The first-order valence-electron chi connectivity index (χ1n) is 7.03. The van der Waals surface area contributed by atoms with Gasteiger partial charge < -0.3 is 10.6 Å². The predicted octanol–water partition coefficient (Wildman–Crippen LogP) is 1.73. The maximum absolute atomic E-state index is 5.63. The first-order valence-corrected chi connectivity index (χ1v) is 7.03. The van der Waals surface area contributed by atoms with Crippen LogP contribution in [0.2, 0.25) is 0 Å². The van der Waals surface area contributed by atoms with Gasteiger partial charge in [0.25, 0.3) is 0 Å². The summed E-state index contributed by atoms with van der Waals surface area (Å²) in [5, 5.41) is 0. The van der Waals surface area contributed by atoms with Crippen molar-refractivity contribution in [3.05, 3.63) is 18.3 Å². The number of hydrogen-bond donors (Lipinski definition) is 1. The molecule has 1 atom stereocenters. The maximum atomic E-state index is 5.63. The van der Waals surface area contributed by atoms with Gasteiger partial charge in [-0.05, 0) is 44.5 Å². The molecule has 2 aliphatic heterocycles. The number of nitrogens with two attached hydrogens (primary N) is 1. The Bertz CT molecular complexity index is 383. The molecule has 0 aromatic carbocycles. The third-order valence-corrected chi connectivity index (χ3v) is 4.21. The van der Waals surface area contributed by atoms with Gasteiger partial charge >= 0.3 is 0 Å². The molecule has 1 aromatic rings. The van der Waals surface area contributed by atoms with Crippen LogP contribution in [0.15, 0.2) is 18.3 Å². The highest BCUT2D eigenvalue weighted by Crippen LogP contribution is 2.24. The third-order valence-electron chi connectivity index (χ3n) is 4.21. The van der Waals surface area contributed by atoms with Crippen LogP contribution >= 0.6 is 0 Å². The predicted molar refractivity (Wildman–Crippen MR) is 74.7 cm³/mol. The number of pyridine rings is 1. The van der Waals surface area contributed by atoms with Crippen LogP contribution in [-0.2, 0) is 0 Å². The molecule has 0 aliphatic carbocycles. The van der Waals surface area contributed by atoms with Gasteiger partial charge in [0.2, 0.25) is 0 Å². The van der Waals surface area contributed by atoms with Gasteiger partial charge in [-0.3, -0.25) is 4.90 Å². The summed E-state index contributed by atoms with van der Waals surface area (Å²) in [4.78, 5) is 9.29. The molecule has 2 N–H and O–H groups in total. The molecule has 0 spiro atoms. The van der Waals surface area contributed by atoms with Crippen molar-refractivity contribution in [1.29, 1.82) is 0 Å². The number of hydrogen-bond acceptors (Lipinski definition) is 4. The van der Waals surface area contributed by atoms with Crippen molar-refractivity contribution in [2.45, 2.75) is 31.7 Å². The normalized spacial score (nSPS) is 25.6. The summed E-state index contributed by atoms with van der Waals surface area (Å²) in [5.41, 5.74) is 6.84. The molecule has 4 nitrogen and oxygen atoms in total. The van der Waals surface area contributed by atoms with Crippen LogP contribution in [0.5, 0.6) is 0 Å². The van der Waals surface area contributed by atoms with E-state index in [1.165, 1.54) is 44.5 Å². The van der Waals surface area contributed by atoms with E-state index in [9.17, 15) is 0 Å². The Labute approximate surface area is 109 Å². The molecule has 0 radical (unpaired) electrons. The molecule has 0 bridgehead atoms. The number of nitrogen functional groups attached to an aromatic ring is 1. The molecule has 98 valence electrons. The highest BCUT2D eigenvalue weighted by Gasteiger charge is 2.28. The van der Waals surface area contributed by atoms with Crippen LogP contribution in [0.4, 0.5) is 11.5 Å². The Balaban J connectivity index is 1.62. The molecule has 0 saturated carbocycles. The lowest BCUT2D eigenvalue weighted by atomic mass is 10.1. The minimum absolute atomic E-state index is 0.602. The van der Waals surface area contributed by atoms with Gasteiger partial charge in [-0.15, -0.1) is 0 Å². The minimum Gasteiger partial charge on any atom is -0.384 e. The van der Waals surface area contributed by atoms with Gasteiger partial charge in [0.1, 0.15) is 5.82 Å². The molecule has 18 heavy (non-hydrogen) atoms. The van der Waals surface area contributed by atoms with Crippen LogP contribution in [0, 0.1) is 0 Å². The van der Waals surface area contributed by atoms with E-state index in [0.29, 0.717) is 5.82 Å². The molecule has 1 aromatic heterocycles. The lowest BCUT2D eigenvalue weighted by Gasteiger charge is -2.32. The SMILES string of the molecule is Nc1ccc(N2CCC(N3CCCCC3)C2)cn1. The van der Waals surface area contributed by atoms with E-state index in [-0.39, 0.29) is 0 Å². The van der Waals surface area contributed by atoms with Crippen molar-refractivity contribution >= 4 is 11.5 Å². The Morgan fingerprint density at radius 3 is 2.67 bits per heavy atom. The van der Waals surface area contributed by atoms with E-state index in [4.69, 9.17) is 5.73 Å². The number of anilines is 2. The number of rotatable bonds is 2. The molecule has 0 amide bonds. The van der Waals surface area contributed by atoms with Crippen molar-refractivity contribution in [2.24, 2.45) is 0 Å². The average molecular weight is 246 g/mol. The van der Waals surface area contributed by atoms with Crippen molar-refractivity contribution in [1.82, 2.24) is 9.88 Å². The zero-order valence-corrected chi connectivity index (χ0v) is 10.9. The number of nitrogens with zero attached hydrogens (tertiary/aromatic N) is 3. The highest BCUT2D eigenvalue weighted by molar-refractivity contribution is 5.49. The second-order valence-electron chi connectivity index (χ2n) is 5.43. The fraction of sp³-hybridized carbons (Fsp3) is 0.643. The summed E-state index contributed by atoms with van der Waals surface area (Å²) in [6.45, 7) is 4.87. The summed E-state index contributed by atoms with van der Waals surface area (Å²) in [7, 11) is 0. The fourth-order valence-corrected chi connectivity index (χ4v) is 3.14. The van der Waals surface area contributed by atoms with E-state index >= 15 is 0 Å². The first-order chi connectivity index (χ1) is 8.83. The van der Waals surface area contributed by atoms with Gasteiger partial charge in [0.05, 0.1) is 11.9 Å². The summed E-state index contributed by atoms with van der Waals surface area (Å²) in [5.74, 6) is 0.602. The van der Waals surface area contributed by atoms with Crippen LogP contribution in [0.1, 0.15) is 25.7 Å². The fourth-order valence-electron chi connectivity index (χ4n) is 3.14. The Morgan fingerprint density at radius 2 is 1.94 bits per heavy atom. The van der Waals surface area contributed by atoms with Gasteiger partial charge in [-0.1, -0.05) is 6.42 Å². The molecule has 1 unspecified atom stereocenters. The molecular formula is C14H22N4. The van der Waals surface area contributed by atoms with E-state index in [2.05, 4.69) is 20.9 Å². The Kier molecular flexibility index (Phi) is 3.37. The number of likely N-dealkylation sites (tertiary alicyclic amines) is 1. The van der Waals surface area contributed by atoms with Crippen LogP contribution < -0.4 is 10.6 Å². The third kappa shape index (κ3) is 2.43. The zero-order valence-electron chi connectivity index (χ0n) is 10.9. The second-order valence-corrected chi connectivity index (χ2v) is 5.43. The number of aromatic nitrogens is 1. The van der Waals surface area contributed by atoms with Crippen LogP contribution in [-0.4, -0.2) is 42.1 Å². The van der Waals surface area contributed by atoms with E-state index in [0.717, 1.165) is 19.1 Å². The first kappa shape index (κ1) is 11.8. The second kappa shape index (κ2) is 5.14. The standard InChI is InChI=1S/C14H22N4/c15-14-5-4-12(10-16-14)18-9-6-13(11-18)17-7-2-1-3-8-17/h4-5,10,13H,1-3,6-9,11H2,(H2,15,16). The van der Waals surface area contributed by atoms with Gasteiger partial charge in [0.15, 0.2) is 0 Å². The van der Waals surface area contributed by atoms with E-state index in [1.54, 1.807) is 0 Å². The minimum atomic E-state index is 0.602. The molecule has 3 heterocycles. The van der Waals surface area contributed by atoms with Gasteiger partial charge in [0, 0.05) is 19.1 Å². The lowest BCUT2D eigenvalue weighted by molar-refractivity contribution is 0.175. The van der Waals surface area contributed by atoms with Crippen molar-refractivity contribution in [3.8, 4) is 0 Å². The summed E-state index contributed by atoms with van der Waals surface area (Å²) in [6, 6.07) is 4.72. The van der Waals surface area contributed by atoms with Gasteiger partial charge in [-0.2, -0.15) is 0 Å². The Morgan fingerprint density at radius 1 is 1.11 bits per heavy atom.